The quantitative estimate of drug-likeness (QED) is 0.142. The van der Waals surface area contributed by atoms with E-state index < -0.39 is 113 Å². The molecule has 4 heterocycles. The van der Waals surface area contributed by atoms with Gasteiger partial charge in [-0.15, -0.1) is 0 Å². The summed E-state index contributed by atoms with van der Waals surface area (Å²) in [5, 5.41) is 75.1. The zero-order chi connectivity index (χ0) is 34.5. The normalized spacial score (nSPS) is 47.4. The Morgan fingerprint density at radius 1 is 1.11 bits per heavy atom. The van der Waals surface area contributed by atoms with E-state index in [9.17, 15) is 50.1 Å². The standard InChI is InChI=1S/C32H44O15/c1-28(2,42)17-9-18(34)30(4)16(31(17)13-44-20(36)10-19(31)35)5-7-29(3,32(30)25(47-32)26(40)41)24(14-6-8-43-12-14)46-27-23(39)22(38)21(37)15(11-33)45-27/h6,8,12,15-17,19,21-25,27,33,35,37-39,42H,5,7,9-11,13H2,1-4H3,(H,40,41)/t15-,16?,17?,19-,21-,22+,23-,24-,25+,27+,29-,30-,31+,32+/m0/s1. The Hall–Kier alpha value is -2.47. The van der Waals surface area contributed by atoms with Crippen molar-refractivity contribution >= 4 is 17.7 Å². The fraction of sp³-hybridized carbons (Fsp3) is 0.781. The zero-order valence-electron chi connectivity index (χ0n) is 26.6. The highest BCUT2D eigenvalue weighted by atomic mass is 16.7. The summed E-state index contributed by atoms with van der Waals surface area (Å²) < 4.78 is 29.2. The van der Waals surface area contributed by atoms with Crippen molar-refractivity contribution in [3.63, 3.8) is 0 Å². The smallest absolute Gasteiger partial charge is 0.335 e. The number of hydrogen-bond donors (Lipinski definition) is 7. The first-order valence-electron chi connectivity index (χ1n) is 15.9. The van der Waals surface area contributed by atoms with Gasteiger partial charge in [-0.25, -0.2) is 4.79 Å². The van der Waals surface area contributed by atoms with Crippen molar-refractivity contribution in [1.29, 1.82) is 0 Å². The molecule has 3 saturated heterocycles. The molecule has 2 unspecified atom stereocenters. The van der Waals surface area contributed by atoms with Crippen LogP contribution in [-0.2, 0) is 33.3 Å². The summed E-state index contributed by atoms with van der Waals surface area (Å²) in [5.74, 6) is -4.07. The van der Waals surface area contributed by atoms with Crippen LogP contribution in [0.1, 0.15) is 65.0 Å². The van der Waals surface area contributed by atoms with Crippen molar-refractivity contribution in [2.45, 2.75) is 114 Å². The predicted molar refractivity (Wildman–Crippen MR) is 154 cm³/mol. The van der Waals surface area contributed by atoms with Gasteiger partial charge < -0.3 is 59.1 Å². The Labute approximate surface area is 270 Å². The van der Waals surface area contributed by atoms with Gasteiger partial charge in [-0.2, -0.15) is 0 Å². The average Bonchev–Trinajstić information content (AvgIpc) is 3.57. The Bertz CT molecular complexity index is 1390. The summed E-state index contributed by atoms with van der Waals surface area (Å²) in [6.07, 6.45) is -9.86. The van der Waals surface area contributed by atoms with Crippen molar-refractivity contribution in [2.24, 2.45) is 28.1 Å². The molecule has 15 heteroatoms. The number of furan rings is 1. The van der Waals surface area contributed by atoms with Gasteiger partial charge in [0.15, 0.2) is 12.4 Å². The van der Waals surface area contributed by atoms with Crippen LogP contribution in [0.4, 0.5) is 0 Å². The summed E-state index contributed by atoms with van der Waals surface area (Å²) in [6, 6.07) is 1.55. The van der Waals surface area contributed by atoms with Crippen LogP contribution in [0.25, 0.3) is 0 Å². The van der Waals surface area contributed by atoms with Gasteiger partial charge in [0.2, 0.25) is 0 Å². The molecular formula is C32H44O15. The highest BCUT2D eigenvalue weighted by molar-refractivity contribution is 5.92. The molecule has 7 N–H and O–H groups in total. The minimum absolute atomic E-state index is 0.110. The van der Waals surface area contributed by atoms with Gasteiger partial charge in [0.1, 0.15) is 42.4 Å². The predicted octanol–water partition coefficient (Wildman–Crippen LogP) is -0.564. The highest BCUT2D eigenvalue weighted by Gasteiger charge is 2.87. The number of epoxide rings is 1. The van der Waals surface area contributed by atoms with Gasteiger partial charge >= 0.3 is 11.9 Å². The first kappa shape index (κ1) is 34.4. The van der Waals surface area contributed by atoms with Crippen molar-refractivity contribution in [3.8, 4) is 0 Å². The Morgan fingerprint density at radius 3 is 2.36 bits per heavy atom. The van der Waals surface area contributed by atoms with Crippen LogP contribution in [0.5, 0.6) is 0 Å². The van der Waals surface area contributed by atoms with Crippen LogP contribution in [0, 0.1) is 28.1 Å². The second-order valence-corrected chi connectivity index (χ2v) is 14.9. The highest BCUT2D eigenvalue weighted by Crippen LogP contribution is 2.77. The molecule has 14 atom stereocenters. The lowest BCUT2D eigenvalue weighted by Crippen LogP contribution is -2.74. The van der Waals surface area contributed by atoms with Crippen LogP contribution in [0.3, 0.4) is 0 Å². The lowest BCUT2D eigenvalue weighted by Gasteiger charge is -2.67. The molecule has 2 aliphatic carbocycles. The number of hydrogen-bond acceptors (Lipinski definition) is 14. The Kier molecular flexibility index (Phi) is 8.26. The van der Waals surface area contributed by atoms with Crippen LogP contribution >= 0.6 is 0 Å². The molecule has 15 nitrogen and oxygen atoms in total. The summed E-state index contributed by atoms with van der Waals surface area (Å²) in [6.45, 7) is 5.34. The van der Waals surface area contributed by atoms with E-state index in [0.29, 0.717) is 5.56 Å². The summed E-state index contributed by atoms with van der Waals surface area (Å²) >= 11 is 0. The number of aliphatic hydroxyl groups is 6. The molecule has 0 radical (unpaired) electrons. The SMILES string of the molecule is CC(C)(O)C1CC(=O)[C@]2(C)C(CC[C@@](C)([C@@H](O[C@H]3O[C@@H](CO)[C@H](O)[C@@H](O)[C@@H]3O)c3ccoc3)[C@@]23O[C@@H]3C(=O)O)[C@]12COC(=O)C[C@@H]2O. The summed E-state index contributed by atoms with van der Waals surface area (Å²) in [4.78, 5) is 39.8. The average molecular weight is 669 g/mol. The van der Waals surface area contributed by atoms with Gasteiger partial charge in [0, 0.05) is 28.7 Å². The van der Waals surface area contributed by atoms with Crippen molar-refractivity contribution in [1.82, 2.24) is 0 Å². The van der Waals surface area contributed by atoms with Crippen molar-refractivity contribution in [3.05, 3.63) is 24.2 Å². The summed E-state index contributed by atoms with van der Waals surface area (Å²) in [7, 11) is 0. The number of Topliss-reactive ketones (excluding diaryl/α,β-unsaturated/α-hetero) is 1. The van der Waals surface area contributed by atoms with Gasteiger partial charge in [0.25, 0.3) is 0 Å². The molecule has 47 heavy (non-hydrogen) atoms. The number of carboxylic acids is 1. The van der Waals surface area contributed by atoms with Crippen molar-refractivity contribution in [2.75, 3.05) is 13.2 Å². The zero-order valence-corrected chi connectivity index (χ0v) is 26.6. The van der Waals surface area contributed by atoms with E-state index in [1.807, 2.05) is 0 Å². The van der Waals surface area contributed by atoms with E-state index >= 15 is 0 Å². The van der Waals surface area contributed by atoms with Gasteiger partial charge in [0.05, 0.1) is 48.8 Å². The Balaban J connectivity index is 1.50. The van der Waals surface area contributed by atoms with Gasteiger partial charge in [-0.1, -0.05) is 6.92 Å². The number of fused-ring (bicyclic) bond motifs is 3. The maximum absolute atomic E-state index is 14.6. The summed E-state index contributed by atoms with van der Waals surface area (Å²) in [5.41, 5.74) is -7.33. The maximum atomic E-state index is 14.6. The number of cyclic esters (lactones) is 1. The first-order valence-corrected chi connectivity index (χ1v) is 15.9. The number of ether oxygens (including phenoxy) is 4. The maximum Gasteiger partial charge on any atom is 0.335 e. The molecule has 3 aliphatic heterocycles. The molecule has 5 aliphatic rings. The monoisotopic (exact) mass is 668 g/mol. The number of rotatable bonds is 7. The fourth-order valence-electron chi connectivity index (χ4n) is 9.96. The minimum Gasteiger partial charge on any atom is -0.479 e. The molecule has 5 fully saturated rings. The third-order valence-corrected chi connectivity index (χ3v) is 12.2. The molecular weight excluding hydrogens is 624 g/mol. The fourth-order valence-corrected chi connectivity index (χ4v) is 9.96. The van der Waals surface area contributed by atoms with Crippen molar-refractivity contribution < 1.29 is 73.5 Å². The van der Waals surface area contributed by atoms with Crippen LogP contribution < -0.4 is 0 Å². The molecule has 2 spiro atoms. The van der Waals surface area contributed by atoms with Gasteiger partial charge in [-0.05, 0) is 45.6 Å². The molecule has 0 bridgehead atoms. The van der Waals surface area contributed by atoms with E-state index in [2.05, 4.69) is 0 Å². The third-order valence-electron chi connectivity index (χ3n) is 12.2. The number of ketones is 1. The molecule has 0 aromatic carbocycles. The second kappa shape index (κ2) is 11.3. The van der Waals surface area contributed by atoms with Crippen LogP contribution in [-0.4, -0.2) is 121 Å². The lowest BCUT2D eigenvalue weighted by molar-refractivity contribution is -0.329. The van der Waals surface area contributed by atoms with E-state index in [1.165, 1.54) is 26.4 Å². The number of carbonyl (C=O) groups is 3. The number of aliphatic hydroxyl groups excluding tert-OH is 5. The number of carbonyl (C=O) groups excluding carboxylic acids is 2. The minimum atomic E-state index is -1.80. The first-order chi connectivity index (χ1) is 21.9. The molecule has 6 rings (SSSR count). The lowest BCUT2D eigenvalue weighted by atomic mass is 9.36. The number of aliphatic carboxylic acids is 1. The topological polar surface area (TPSA) is 246 Å². The molecule has 0 amide bonds. The Morgan fingerprint density at radius 2 is 1.81 bits per heavy atom. The van der Waals surface area contributed by atoms with Crippen LogP contribution in [0.15, 0.2) is 23.0 Å². The molecule has 1 aromatic heterocycles. The van der Waals surface area contributed by atoms with E-state index in [-0.39, 0.29) is 32.3 Å². The van der Waals surface area contributed by atoms with E-state index in [4.69, 9.17) is 23.4 Å². The molecule has 262 valence electrons. The van der Waals surface area contributed by atoms with E-state index in [1.54, 1.807) is 19.9 Å². The largest absolute Gasteiger partial charge is 0.479 e. The molecule has 1 aromatic rings. The second-order valence-electron chi connectivity index (χ2n) is 14.9. The molecule has 2 saturated carbocycles. The van der Waals surface area contributed by atoms with E-state index in [0.717, 1.165) is 0 Å². The third kappa shape index (κ3) is 4.62. The van der Waals surface area contributed by atoms with Gasteiger partial charge in [-0.3, -0.25) is 9.59 Å². The number of esters is 1. The van der Waals surface area contributed by atoms with Crippen LogP contribution in [0.2, 0.25) is 0 Å². The number of carboxylic acid groups (broad SMARTS) is 1.